The fourth-order valence-corrected chi connectivity index (χ4v) is 4.42. The summed E-state index contributed by atoms with van der Waals surface area (Å²) in [5.74, 6) is -1.14. The van der Waals surface area contributed by atoms with E-state index >= 15 is 0 Å². The van der Waals surface area contributed by atoms with Crippen LogP contribution in [0.3, 0.4) is 0 Å². The predicted octanol–water partition coefficient (Wildman–Crippen LogP) is 4.75. The zero-order chi connectivity index (χ0) is 22.8. The van der Waals surface area contributed by atoms with Crippen molar-refractivity contribution in [3.8, 4) is 0 Å². The Balaban J connectivity index is 1.81. The van der Waals surface area contributed by atoms with E-state index in [9.17, 15) is 19.7 Å². The van der Waals surface area contributed by atoms with Gasteiger partial charge in [-0.2, -0.15) is 0 Å². The number of amides is 1. The molecular weight excluding hydrogens is 420 g/mol. The van der Waals surface area contributed by atoms with Crippen LogP contribution in [0.4, 0.5) is 11.4 Å². The lowest BCUT2D eigenvalue weighted by atomic mass is 9.86. The largest absolute Gasteiger partial charge is 0.477 e. The summed E-state index contributed by atoms with van der Waals surface area (Å²) >= 11 is 1.14. The van der Waals surface area contributed by atoms with Gasteiger partial charge in [-0.25, -0.2) is 4.79 Å². The number of nitrogens with zero attached hydrogens (tertiary/aromatic N) is 2. The van der Waals surface area contributed by atoms with Gasteiger partial charge >= 0.3 is 5.97 Å². The lowest BCUT2D eigenvalue weighted by molar-refractivity contribution is -0.384. The van der Waals surface area contributed by atoms with Crippen molar-refractivity contribution in [2.45, 2.75) is 58.1 Å². The van der Waals surface area contributed by atoms with Crippen molar-refractivity contribution in [2.75, 3.05) is 11.5 Å². The van der Waals surface area contributed by atoms with Crippen LogP contribution >= 0.6 is 11.3 Å². The summed E-state index contributed by atoms with van der Waals surface area (Å²) in [6, 6.07) is 7.96. The molecule has 1 atom stereocenters. The Labute approximate surface area is 184 Å². The van der Waals surface area contributed by atoms with Gasteiger partial charge in [0, 0.05) is 17.4 Å². The van der Waals surface area contributed by atoms with Crippen molar-refractivity contribution in [1.82, 2.24) is 0 Å². The Morgan fingerprint density at radius 2 is 2.06 bits per heavy atom. The number of carbonyl (C=O) groups is 2. The molecule has 1 aliphatic rings. The Morgan fingerprint density at radius 3 is 2.68 bits per heavy atom. The van der Waals surface area contributed by atoms with Crippen LogP contribution in [0, 0.1) is 10.1 Å². The van der Waals surface area contributed by atoms with Gasteiger partial charge in [-0.05, 0) is 42.0 Å². The minimum atomic E-state index is -0.980. The molecule has 1 saturated heterocycles. The molecule has 1 unspecified atom stereocenters. The number of nitro groups is 1. The number of ether oxygens (including phenoxy) is 1. The minimum absolute atomic E-state index is 0.0861. The third-order valence-corrected chi connectivity index (χ3v) is 6.33. The molecule has 0 spiro atoms. The second-order valence-corrected chi connectivity index (χ2v) is 9.77. The lowest BCUT2D eigenvalue weighted by Crippen LogP contribution is -2.46. The number of anilines is 1. The molecule has 0 bridgehead atoms. The fourth-order valence-electron chi connectivity index (χ4n) is 3.64. The molecule has 1 amide bonds. The molecule has 31 heavy (non-hydrogen) atoms. The van der Waals surface area contributed by atoms with Gasteiger partial charge in [0.1, 0.15) is 10.6 Å². The van der Waals surface area contributed by atoms with E-state index in [0.29, 0.717) is 24.9 Å². The van der Waals surface area contributed by atoms with Crippen LogP contribution < -0.4 is 4.90 Å². The highest BCUT2D eigenvalue weighted by Gasteiger charge is 2.34. The molecule has 9 heteroatoms. The maximum Gasteiger partial charge on any atom is 0.345 e. The number of aromatic carboxylic acids is 1. The number of nitro benzene ring substituents is 1. The molecule has 0 saturated carbocycles. The lowest BCUT2D eigenvalue weighted by Gasteiger charge is -2.35. The van der Waals surface area contributed by atoms with Crippen molar-refractivity contribution in [1.29, 1.82) is 0 Å². The van der Waals surface area contributed by atoms with E-state index < -0.39 is 10.9 Å². The summed E-state index contributed by atoms with van der Waals surface area (Å²) in [5, 5.41) is 20.8. The Morgan fingerprint density at radius 1 is 1.32 bits per heavy atom. The summed E-state index contributed by atoms with van der Waals surface area (Å²) in [5.41, 5.74) is 0.775. The van der Waals surface area contributed by atoms with Gasteiger partial charge in [0.15, 0.2) is 0 Å². The number of thiophene rings is 1. The topological polar surface area (TPSA) is 110 Å². The third kappa shape index (κ3) is 5.29. The monoisotopic (exact) mass is 446 g/mol. The first-order valence-corrected chi connectivity index (χ1v) is 10.9. The van der Waals surface area contributed by atoms with Crippen LogP contribution in [0.5, 0.6) is 0 Å². The van der Waals surface area contributed by atoms with E-state index in [1.54, 1.807) is 18.2 Å². The smallest absolute Gasteiger partial charge is 0.345 e. The SMILES string of the molecule is CC(C)(C)c1ccc(N2C(=O)CCCC2COCc2ccc(C(=O)O)s2)c([N+](=O)[O-])c1. The number of benzene rings is 1. The Bertz CT molecular complexity index is 994. The molecule has 1 N–H and O–H groups in total. The number of hydrogen-bond acceptors (Lipinski definition) is 6. The van der Waals surface area contributed by atoms with Crippen LogP contribution in [0.25, 0.3) is 0 Å². The number of rotatable bonds is 7. The van der Waals surface area contributed by atoms with E-state index in [1.807, 2.05) is 26.8 Å². The van der Waals surface area contributed by atoms with Gasteiger partial charge in [0.05, 0.1) is 24.2 Å². The first-order chi connectivity index (χ1) is 14.6. The molecule has 0 radical (unpaired) electrons. The van der Waals surface area contributed by atoms with Gasteiger partial charge in [0.25, 0.3) is 5.69 Å². The summed E-state index contributed by atoms with van der Waals surface area (Å²) in [6.07, 6.45) is 1.70. The number of carboxylic acids is 1. The van der Waals surface area contributed by atoms with E-state index in [4.69, 9.17) is 9.84 Å². The highest BCUT2D eigenvalue weighted by atomic mass is 32.1. The molecule has 8 nitrogen and oxygen atoms in total. The van der Waals surface area contributed by atoms with Crippen molar-refractivity contribution in [2.24, 2.45) is 0 Å². The van der Waals surface area contributed by atoms with Crippen molar-refractivity contribution < 1.29 is 24.4 Å². The number of hydrogen-bond donors (Lipinski definition) is 1. The van der Waals surface area contributed by atoms with Gasteiger partial charge in [-0.3, -0.25) is 14.9 Å². The Hall–Kier alpha value is -2.78. The van der Waals surface area contributed by atoms with Gasteiger partial charge in [-0.1, -0.05) is 26.8 Å². The molecule has 1 aromatic carbocycles. The summed E-state index contributed by atoms with van der Waals surface area (Å²) in [4.78, 5) is 37.6. The standard InChI is InChI=1S/C22H26N2O6S/c1-22(2,3)14-7-9-17(18(11-14)24(28)29)23-15(5-4-6-20(23)25)12-30-13-16-8-10-19(31-16)21(26)27/h7-11,15H,4-6,12-13H2,1-3H3,(H,26,27). The Kier molecular flexibility index (Phi) is 6.76. The zero-order valence-corrected chi connectivity index (χ0v) is 18.6. The van der Waals surface area contributed by atoms with Gasteiger partial charge in [-0.15, -0.1) is 11.3 Å². The third-order valence-electron chi connectivity index (χ3n) is 5.29. The first-order valence-electron chi connectivity index (χ1n) is 10.1. The van der Waals surface area contributed by atoms with Crippen molar-refractivity contribution >= 4 is 34.6 Å². The molecular formula is C22H26N2O6S. The minimum Gasteiger partial charge on any atom is -0.477 e. The highest BCUT2D eigenvalue weighted by molar-refractivity contribution is 7.13. The summed E-state index contributed by atoms with van der Waals surface area (Å²) in [7, 11) is 0. The molecule has 166 valence electrons. The second-order valence-electron chi connectivity index (χ2n) is 8.61. The number of piperidine rings is 1. The van der Waals surface area contributed by atoms with Crippen LogP contribution in [0.1, 0.15) is 60.1 Å². The van der Waals surface area contributed by atoms with Crippen LogP contribution in [0.15, 0.2) is 30.3 Å². The summed E-state index contributed by atoms with van der Waals surface area (Å²) in [6.45, 7) is 6.38. The quantitative estimate of drug-likeness (QED) is 0.485. The average Bonchev–Trinajstić information content (AvgIpc) is 3.16. The molecule has 0 aliphatic carbocycles. The first kappa shape index (κ1) is 22.9. The van der Waals surface area contributed by atoms with Gasteiger partial charge < -0.3 is 14.7 Å². The zero-order valence-electron chi connectivity index (χ0n) is 17.8. The van der Waals surface area contributed by atoms with E-state index in [0.717, 1.165) is 21.8 Å². The van der Waals surface area contributed by atoms with E-state index in [1.165, 1.54) is 11.0 Å². The van der Waals surface area contributed by atoms with Crippen molar-refractivity contribution in [3.05, 3.63) is 55.8 Å². The predicted molar refractivity (Wildman–Crippen MR) is 118 cm³/mol. The number of carboxylic acid groups (broad SMARTS) is 1. The van der Waals surface area contributed by atoms with Gasteiger partial charge in [0.2, 0.25) is 5.91 Å². The van der Waals surface area contributed by atoms with E-state index in [2.05, 4.69) is 0 Å². The molecule has 1 aromatic heterocycles. The molecule has 1 fully saturated rings. The highest BCUT2D eigenvalue weighted by Crippen LogP contribution is 2.37. The van der Waals surface area contributed by atoms with Crippen LogP contribution in [-0.4, -0.2) is 34.6 Å². The maximum absolute atomic E-state index is 12.8. The molecule has 2 heterocycles. The van der Waals surface area contributed by atoms with Crippen molar-refractivity contribution in [3.63, 3.8) is 0 Å². The molecule has 3 rings (SSSR count). The van der Waals surface area contributed by atoms with Crippen LogP contribution in [-0.2, 0) is 21.6 Å². The average molecular weight is 447 g/mol. The fraction of sp³-hybridized carbons (Fsp3) is 0.455. The van der Waals surface area contributed by atoms with Crippen LogP contribution in [0.2, 0.25) is 0 Å². The molecule has 1 aliphatic heterocycles. The van der Waals surface area contributed by atoms with E-state index in [-0.39, 0.29) is 41.1 Å². The second kappa shape index (κ2) is 9.15. The normalized spacial score (nSPS) is 17.1. The molecule has 2 aromatic rings. The summed E-state index contributed by atoms with van der Waals surface area (Å²) < 4.78 is 5.78. The number of carbonyl (C=O) groups excluding carboxylic acids is 1. The maximum atomic E-state index is 12.8.